The molecular weight excluding hydrogens is 170 g/mol. The van der Waals surface area contributed by atoms with Gasteiger partial charge in [-0.2, -0.15) is 0 Å². The summed E-state index contributed by atoms with van der Waals surface area (Å²) in [5.74, 6) is 0. The van der Waals surface area contributed by atoms with Crippen LogP contribution in [0.1, 0.15) is 19.3 Å². The summed E-state index contributed by atoms with van der Waals surface area (Å²) >= 11 is 0. The minimum atomic E-state index is 0. The van der Waals surface area contributed by atoms with Crippen molar-refractivity contribution in [3.63, 3.8) is 0 Å². The predicted octanol–water partition coefficient (Wildman–Crippen LogP) is 0.686. The lowest BCUT2D eigenvalue weighted by Gasteiger charge is -1.90. The predicted molar refractivity (Wildman–Crippen MR) is 40.3 cm³/mol. The Labute approximate surface area is 60.8 Å². The Hall–Kier alpha value is 0.400. The summed E-state index contributed by atoms with van der Waals surface area (Å²) in [5, 5.41) is 8.25. The van der Waals surface area contributed by atoms with E-state index in [2.05, 4.69) is 0 Å². The monoisotopic (exact) mass is 183 g/mol. The molecule has 0 aromatic carbocycles. The lowest BCUT2D eigenvalue weighted by molar-refractivity contribution is 0.283. The molecule has 0 rings (SSSR count). The van der Waals surface area contributed by atoms with E-state index in [1.165, 1.54) is 0 Å². The number of halogens is 1. The van der Waals surface area contributed by atoms with Crippen molar-refractivity contribution in [3.05, 3.63) is 0 Å². The molecule has 0 aromatic heterocycles. The molecular formula is C5H14BrNO. The van der Waals surface area contributed by atoms with Crippen molar-refractivity contribution in [1.82, 2.24) is 0 Å². The van der Waals surface area contributed by atoms with E-state index in [9.17, 15) is 0 Å². The SMILES string of the molecule is Br.NCCCCCO. The van der Waals surface area contributed by atoms with Gasteiger partial charge >= 0.3 is 0 Å². The van der Waals surface area contributed by atoms with Crippen LogP contribution in [0, 0.1) is 0 Å². The van der Waals surface area contributed by atoms with E-state index < -0.39 is 0 Å². The fourth-order valence-corrected chi connectivity index (χ4v) is 0.433. The average Bonchev–Trinajstić information content (AvgIpc) is 1.69. The third-order valence-corrected chi connectivity index (χ3v) is 0.862. The van der Waals surface area contributed by atoms with Gasteiger partial charge in [0, 0.05) is 6.61 Å². The molecule has 3 N–H and O–H groups in total. The summed E-state index contributed by atoms with van der Waals surface area (Å²) in [6, 6.07) is 0. The lowest BCUT2D eigenvalue weighted by Crippen LogP contribution is -1.98. The number of rotatable bonds is 4. The molecule has 0 radical (unpaired) electrons. The third-order valence-electron chi connectivity index (χ3n) is 0.862. The fraction of sp³-hybridized carbons (Fsp3) is 1.00. The van der Waals surface area contributed by atoms with Crippen LogP contribution in [-0.2, 0) is 0 Å². The van der Waals surface area contributed by atoms with Gasteiger partial charge in [-0.25, -0.2) is 0 Å². The molecule has 0 saturated heterocycles. The van der Waals surface area contributed by atoms with E-state index in [0.29, 0.717) is 6.61 Å². The van der Waals surface area contributed by atoms with Crippen LogP contribution in [0.3, 0.4) is 0 Å². The molecule has 0 amide bonds. The Balaban J connectivity index is 0. The van der Waals surface area contributed by atoms with Gasteiger partial charge in [0.2, 0.25) is 0 Å². The fourth-order valence-electron chi connectivity index (χ4n) is 0.433. The number of unbranched alkanes of at least 4 members (excludes halogenated alkanes) is 2. The summed E-state index contributed by atoms with van der Waals surface area (Å²) in [7, 11) is 0. The average molecular weight is 184 g/mol. The first-order valence-corrected chi connectivity index (χ1v) is 2.72. The normalized spacial score (nSPS) is 8.25. The van der Waals surface area contributed by atoms with Crippen molar-refractivity contribution >= 4 is 17.0 Å². The highest BCUT2D eigenvalue weighted by Crippen LogP contribution is 1.89. The van der Waals surface area contributed by atoms with Gasteiger partial charge in [0.05, 0.1) is 0 Å². The molecule has 2 nitrogen and oxygen atoms in total. The van der Waals surface area contributed by atoms with Crippen LogP contribution in [0.25, 0.3) is 0 Å². The third kappa shape index (κ3) is 9.64. The standard InChI is InChI=1S/C5H13NO.BrH/c6-4-2-1-3-5-7;/h7H,1-6H2;1H. The van der Waals surface area contributed by atoms with Crippen LogP contribution in [0.4, 0.5) is 0 Å². The van der Waals surface area contributed by atoms with Gasteiger partial charge in [-0.3, -0.25) is 0 Å². The van der Waals surface area contributed by atoms with Gasteiger partial charge in [-0.1, -0.05) is 0 Å². The maximum absolute atomic E-state index is 8.25. The van der Waals surface area contributed by atoms with Gasteiger partial charge in [0.1, 0.15) is 0 Å². The number of aliphatic hydroxyl groups excluding tert-OH is 1. The zero-order valence-corrected chi connectivity index (χ0v) is 6.68. The van der Waals surface area contributed by atoms with E-state index in [-0.39, 0.29) is 17.0 Å². The molecule has 0 fully saturated rings. The molecule has 8 heavy (non-hydrogen) atoms. The minimum Gasteiger partial charge on any atom is -0.396 e. The van der Waals surface area contributed by atoms with E-state index in [1.54, 1.807) is 0 Å². The van der Waals surface area contributed by atoms with Crippen LogP contribution in [0.2, 0.25) is 0 Å². The Morgan fingerprint density at radius 1 is 1.12 bits per heavy atom. The molecule has 0 saturated carbocycles. The van der Waals surface area contributed by atoms with Gasteiger partial charge in [-0.05, 0) is 25.8 Å². The van der Waals surface area contributed by atoms with E-state index >= 15 is 0 Å². The second-order valence-electron chi connectivity index (χ2n) is 1.57. The van der Waals surface area contributed by atoms with Gasteiger partial charge in [0.15, 0.2) is 0 Å². The van der Waals surface area contributed by atoms with Crippen LogP contribution in [0.5, 0.6) is 0 Å². The molecule has 0 heterocycles. The molecule has 0 aliphatic carbocycles. The van der Waals surface area contributed by atoms with Crippen LogP contribution < -0.4 is 5.73 Å². The summed E-state index contributed by atoms with van der Waals surface area (Å²) in [5.41, 5.74) is 5.19. The molecule has 0 spiro atoms. The van der Waals surface area contributed by atoms with Crippen molar-refractivity contribution in [2.24, 2.45) is 5.73 Å². The Kier molecular flexibility index (Phi) is 14.6. The Morgan fingerprint density at radius 2 is 1.75 bits per heavy atom. The highest BCUT2D eigenvalue weighted by molar-refractivity contribution is 8.93. The van der Waals surface area contributed by atoms with E-state index in [0.717, 1.165) is 25.8 Å². The zero-order chi connectivity index (χ0) is 5.54. The molecule has 0 aromatic rings. The first-order chi connectivity index (χ1) is 3.41. The zero-order valence-electron chi connectivity index (χ0n) is 4.97. The Bertz CT molecular complexity index is 31.6. The highest BCUT2D eigenvalue weighted by atomic mass is 79.9. The smallest absolute Gasteiger partial charge is 0.0431 e. The van der Waals surface area contributed by atoms with Gasteiger partial charge in [0.25, 0.3) is 0 Å². The van der Waals surface area contributed by atoms with Crippen molar-refractivity contribution in [1.29, 1.82) is 0 Å². The maximum atomic E-state index is 8.25. The molecule has 3 heteroatoms. The second kappa shape index (κ2) is 10.4. The van der Waals surface area contributed by atoms with E-state index in [1.807, 2.05) is 0 Å². The quantitative estimate of drug-likeness (QED) is 0.631. The summed E-state index contributed by atoms with van der Waals surface area (Å²) < 4.78 is 0. The summed E-state index contributed by atoms with van der Waals surface area (Å²) in [4.78, 5) is 0. The molecule has 52 valence electrons. The van der Waals surface area contributed by atoms with E-state index in [4.69, 9.17) is 10.8 Å². The van der Waals surface area contributed by atoms with Crippen molar-refractivity contribution in [3.8, 4) is 0 Å². The lowest BCUT2D eigenvalue weighted by atomic mass is 10.2. The minimum absolute atomic E-state index is 0. The molecule has 0 unspecified atom stereocenters. The Morgan fingerprint density at radius 3 is 2.12 bits per heavy atom. The number of hydrogen-bond donors (Lipinski definition) is 2. The first-order valence-electron chi connectivity index (χ1n) is 2.72. The molecule has 0 bridgehead atoms. The summed E-state index contributed by atoms with van der Waals surface area (Å²) in [6.45, 7) is 1.06. The molecule has 0 atom stereocenters. The van der Waals surface area contributed by atoms with Crippen LogP contribution >= 0.6 is 17.0 Å². The molecule has 0 aliphatic heterocycles. The number of aliphatic hydroxyl groups is 1. The first kappa shape index (κ1) is 11.2. The maximum Gasteiger partial charge on any atom is 0.0431 e. The van der Waals surface area contributed by atoms with Crippen molar-refractivity contribution in [2.75, 3.05) is 13.2 Å². The molecule has 0 aliphatic rings. The van der Waals surface area contributed by atoms with Crippen LogP contribution in [0.15, 0.2) is 0 Å². The second-order valence-corrected chi connectivity index (χ2v) is 1.57. The van der Waals surface area contributed by atoms with Crippen LogP contribution in [-0.4, -0.2) is 18.3 Å². The largest absolute Gasteiger partial charge is 0.396 e. The highest BCUT2D eigenvalue weighted by Gasteiger charge is 1.80. The van der Waals surface area contributed by atoms with Gasteiger partial charge < -0.3 is 10.8 Å². The number of hydrogen-bond acceptors (Lipinski definition) is 2. The van der Waals surface area contributed by atoms with Crippen molar-refractivity contribution < 1.29 is 5.11 Å². The van der Waals surface area contributed by atoms with Gasteiger partial charge in [-0.15, -0.1) is 17.0 Å². The van der Waals surface area contributed by atoms with Crippen molar-refractivity contribution in [2.45, 2.75) is 19.3 Å². The topological polar surface area (TPSA) is 46.2 Å². The number of nitrogens with two attached hydrogens (primary N) is 1. The summed E-state index contributed by atoms with van der Waals surface area (Å²) in [6.07, 6.45) is 3.00.